The minimum Gasteiger partial charge on any atom is -0.335 e. The lowest BCUT2D eigenvalue weighted by Gasteiger charge is -2.22. The number of anilines is 1. The molecule has 7 heteroatoms. The van der Waals surface area contributed by atoms with E-state index in [9.17, 15) is 4.79 Å². The zero-order chi connectivity index (χ0) is 18.1. The van der Waals surface area contributed by atoms with E-state index in [1.54, 1.807) is 0 Å². The van der Waals surface area contributed by atoms with Gasteiger partial charge in [-0.3, -0.25) is 4.79 Å². The van der Waals surface area contributed by atoms with Gasteiger partial charge in [-0.2, -0.15) is 0 Å². The second-order valence-electron chi connectivity index (χ2n) is 6.95. The summed E-state index contributed by atoms with van der Waals surface area (Å²) >= 11 is 1.41. The lowest BCUT2D eigenvalue weighted by Crippen LogP contribution is -2.29. The van der Waals surface area contributed by atoms with Crippen LogP contribution in [0.25, 0.3) is 10.6 Å². The molecular weight excluding hydrogens is 346 g/mol. The summed E-state index contributed by atoms with van der Waals surface area (Å²) in [7, 11) is 0. The molecule has 1 N–H and O–H groups in total. The van der Waals surface area contributed by atoms with E-state index in [2.05, 4.69) is 63.2 Å². The van der Waals surface area contributed by atoms with Gasteiger partial charge in [0.1, 0.15) is 5.01 Å². The molecule has 0 aliphatic carbocycles. The number of benzene rings is 1. The fourth-order valence-corrected chi connectivity index (χ4v) is 3.95. The minimum absolute atomic E-state index is 0.00954. The molecule has 3 heterocycles. The quantitative estimate of drug-likeness (QED) is 0.763. The number of carbonyl (C=O) groups excluding carboxylic acids is 1. The first-order valence-corrected chi connectivity index (χ1v) is 9.65. The van der Waals surface area contributed by atoms with Crippen LogP contribution in [0.1, 0.15) is 37.4 Å². The summed E-state index contributed by atoms with van der Waals surface area (Å²) in [6, 6.07) is 8.35. The van der Waals surface area contributed by atoms with E-state index in [0.29, 0.717) is 17.5 Å². The van der Waals surface area contributed by atoms with Crippen molar-refractivity contribution in [3.63, 3.8) is 0 Å². The number of fused-ring (bicyclic) bond motifs is 1. The van der Waals surface area contributed by atoms with Crippen molar-refractivity contribution >= 4 is 22.4 Å². The lowest BCUT2D eigenvalue weighted by atomic mass is 9.95. The highest BCUT2D eigenvalue weighted by molar-refractivity contribution is 7.18. The molecule has 1 unspecified atom stereocenters. The predicted octanol–water partition coefficient (Wildman–Crippen LogP) is 3.73. The lowest BCUT2D eigenvalue weighted by molar-refractivity contribution is -0.120. The Morgan fingerprint density at radius 3 is 2.85 bits per heavy atom. The number of rotatable bonds is 4. The summed E-state index contributed by atoms with van der Waals surface area (Å²) < 4.78 is 2.10. The van der Waals surface area contributed by atoms with Crippen LogP contribution in [-0.2, 0) is 17.8 Å². The second kappa shape index (κ2) is 6.99. The van der Waals surface area contributed by atoms with E-state index in [4.69, 9.17) is 0 Å². The van der Waals surface area contributed by atoms with Crippen LogP contribution in [0.3, 0.4) is 0 Å². The van der Waals surface area contributed by atoms with Gasteiger partial charge < -0.3 is 9.88 Å². The van der Waals surface area contributed by atoms with Gasteiger partial charge in [-0.1, -0.05) is 49.4 Å². The fraction of sp³-hybridized carbons (Fsp3) is 0.368. The highest BCUT2D eigenvalue weighted by Gasteiger charge is 2.25. The number of nitrogens with zero attached hydrogens (tertiary/aromatic N) is 4. The largest absolute Gasteiger partial charge is 0.335 e. The molecule has 0 fully saturated rings. The van der Waals surface area contributed by atoms with E-state index < -0.39 is 0 Å². The standard InChI is InChI=1S/C19H21N5OS/c1-12(2)13-3-5-14(6-4-13)18-22-23-19(26-18)21-17(25)15-7-8-24-11-20-10-16(24)9-15/h3-6,10-12,15H,7-9H2,1-2H3,(H,21,23,25). The third-order valence-corrected chi connectivity index (χ3v) is 5.71. The van der Waals surface area contributed by atoms with E-state index in [1.807, 2.05) is 12.5 Å². The van der Waals surface area contributed by atoms with Crippen molar-refractivity contribution in [1.29, 1.82) is 0 Å². The summed E-state index contributed by atoms with van der Waals surface area (Å²) in [6.45, 7) is 5.18. The average molecular weight is 367 g/mol. The van der Waals surface area contributed by atoms with Gasteiger partial charge in [0.2, 0.25) is 11.0 Å². The molecule has 0 saturated carbocycles. The van der Waals surface area contributed by atoms with Crippen molar-refractivity contribution in [2.75, 3.05) is 5.32 Å². The van der Waals surface area contributed by atoms with Gasteiger partial charge in [-0.15, -0.1) is 10.2 Å². The SMILES string of the molecule is CC(C)c1ccc(-c2nnc(NC(=O)C3CCn4cncc4C3)s2)cc1. The average Bonchev–Trinajstić information content (AvgIpc) is 3.30. The maximum Gasteiger partial charge on any atom is 0.229 e. The highest BCUT2D eigenvalue weighted by atomic mass is 32.1. The number of hydrogen-bond acceptors (Lipinski definition) is 5. The molecule has 26 heavy (non-hydrogen) atoms. The second-order valence-corrected chi connectivity index (χ2v) is 7.92. The summed E-state index contributed by atoms with van der Waals surface area (Å²) in [5.41, 5.74) is 3.43. The Bertz CT molecular complexity index is 912. The summed E-state index contributed by atoms with van der Waals surface area (Å²) in [5.74, 6) is 0.465. The third-order valence-electron chi connectivity index (χ3n) is 4.82. The van der Waals surface area contributed by atoms with Gasteiger partial charge in [0, 0.05) is 36.3 Å². The number of carbonyl (C=O) groups is 1. The molecule has 0 spiro atoms. The van der Waals surface area contributed by atoms with Gasteiger partial charge >= 0.3 is 0 Å². The smallest absolute Gasteiger partial charge is 0.229 e. The Labute approximate surface area is 156 Å². The van der Waals surface area contributed by atoms with Crippen LogP contribution in [0.4, 0.5) is 5.13 Å². The van der Waals surface area contributed by atoms with Crippen molar-refractivity contribution in [3.05, 3.63) is 48.0 Å². The Hall–Kier alpha value is -2.54. The van der Waals surface area contributed by atoms with E-state index in [-0.39, 0.29) is 11.8 Å². The van der Waals surface area contributed by atoms with E-state index in [0.717, 1.165) is 29.2 Å². The molecule has 1 amide bonds. The normalized spacial score (nSPS) is 16.5. The van der Waals surface area contributed by atoms with Gasteiger partial charge in [-0.25, -0.2) is 4.98 Å². The van der Waals surface area contributed by atoms with Crippen LogP contribution in [0.15, 0.2) is 36.8 Å². The molecular formula is C19H21N5OS. The third kappa shape index (κ3) is 3.39. The zero-order valence-corrected chi connectivity index (χ0v) is 15.7. The molecule has 2 aromatic heterocycles. The first-order valence-electron chi connectivity index (χ1n) is 8.84. The van der Waals surface area contributed by atoms with Gasteiger partial charge in [0.05, 0.1) is 6.33 Å². The molecule has 6 nitrogen and oxygen atoms in total. The van der Waals surface area contributed by atoms with Gasteiger partial charge in [-0.05, 0) is 17.9 Å². The summed E-state index contributed by atoms with van der Waals surface area (Å²) in [4.78, 5) is 16.7. The molecule has 3 aromatic rings. The van der Waals surface area contributed by atoms with Crippen LogP contribution >= 0.6 is 11.3 Å². The maximum atomic E-state index is 12.6. The first-order chi connectivity index (χ1) is 12.6. The van der Waals surface area contributed by atoms with E-state index >= 15 is 0 Å². The molecule has 1 aromatic carbocycles. The molecule has 4 rings (SSSR count). The highest BCUT2D eigenvalue weighted by Crippen LogP contribution is 2.29. The maximum absolute atomic E-state index is 12.6. The van der Waals surface area contributed by atoms with Crippen molar-refractivity contribution in [1.82, 2.24) is 19.7 Å². The topological polar surface area (TPSA) is 72.7 Å². The molecule has 134 valence electrons. The zero-order valence-electron chi connectivity index (χ0n) is 14.8. The van der Waals surface area contributed by atoms with Crippen molar-refractivity contribution in [2.45, 2.75) is 39.2 Å². The Morgan fingerprint density at radius 2 is 2.08 bits per heavy atom. The summed E-state index contributed by atoms with van der Waals surface area (Å²) in [5, 5.41) is 12.7. The predicted molar refractivity (Wildman–Crippen MR) is 102 cm³/mol. The number of imidazole rings is 1. The number of nitrogens with one attached hydrogen (secondary N) is 1. The van der Waals surface area contributed by atoms with Crippen LogP contribution in [0.5, 0.6) is 0 Å². The molecule has 0 saturated heterocycles. The number of aromatic nitrogens is 4. The Kier molecular flexibility index (Phi) is 4.55. The van der Waals surface area contributed by atoms with Crippen molar-refractivity contribution < 1.29 is 4.79 Å². The molecule has 1 aliphatic heterocycles. The van der Waals surface area contributed by atoms with Crippen LogP contribution in [0, 0.1) is 5.92 Å². The van der Waals surface area contributed by atoms with E-state index in [1.165, 1.54) is 16.9 Å². The number of aryl methyl sites for hydroxylation is 1. The Morgan fingerprint density at radius 1 is 1.27 bits per heavy atom. The van der Waals surface area contributed by atoms with Gasteiger partial charge in [0.15, 0.2) is 0 Å². The van der Waals surface area contributed by atoms with Crippen LogP contribution in [-0.4, -0.2) is 25.7 Å². The summed E-state index contributed by atoms with van der Waals surface area (Å²) in [6.07, 6.45) is 5.19. The van der Waals surface area contributed by atoms with Crippen molar-refractivity contribution in [3.8, 4) is 10.6 Å². The number of hydrogen-bond donors (Lipinski definition) is 1. The van der Waals surface area contributed by atoms with Gasteiger partial charge in [0.25, 0.3) is 0 Å². The monoisotopic (exact) mass is 367 g/mol. The van der Waals surface area contributed by atoms with Crippen LogP contribution < -0.4 is 5.32 Å². The fourth-order valence-electron chi connectivity index (χ4n) is 3.20. The Balaban J connectivity index is 1.43. The molecule has 0 radical (unpaired) electrons. The molecule has 1 atom stereocenters. The molecule has 0 bridgehead atoms. The minimum atomic E-state index is -0.0446. The number of amides is 1. The molecule has 1 aliphatic rings. The van der Waals surface area contributed by atoms with Crippen molar-refractivity contribution in [2.24, 2.45) is 5.92 Å². The first kappa shape index (κ1) is 16.9. The van der Waals surface area contributed by atoms with Crippen LogP contribution in [0.2, 0.25) is 0 Å².